The normalized spacial score (nSPS) is 14.7. The first-order valence-electron chi connectivity index (χ1n) is 5.46. The SMILES string of the molecule is Cc1cccc(C2=C(N(C)C)N=NC2=O)c1C. The molecule has 88 valence electrons. The average molecular weight is 229 g/mol. The molecule has 0 radical (unpaired) electrons. The van der Waals surface area contributed by atoms with E-state index in [1.165, 1.54) is 0 Å². The lowest BCUT2D eigenvalue weighted by molar-refractivity contribution is -0.112. The van der Waals surface area contributed by atoms with Gasteiger partial charge in [-0.1, -0.05) is 18.2 Å². The van der Waals surface area contributed by atoms with Gasteiger partial charge in [-0.05, 0) is 30.5 Å². The number of amides is 1. The fraction of sp³-hybridized carbons (Fsp3) is 0.308. The molecular weight excluding hydrogens is 214 g/mol. The molecule has 0 bridgehead atoms. The third kappa shape index (κ3) is 1.86. The number of benzene rings is 1. The van der Waals surface area contributed by atoms with Crippen LogP contribution in [0.2, 0.25) is 0 Å². The van der Waals surface area contributed by atoms with Crippen molar-refractivity contribution in [3.63, 3.8) is 0 Å². The molecule has 0 saturated heterocycles. The molecule has 1 aromatic rings. The lowest BCUT2D eigenvalue weighted by atomic mass is 9.96. The Kier molecular flexibility index (Phi) is 2.79. The highest BCUT2D eigenvalue weighted by Gasteiger charge is 2.25. The molecule has 0 atom stereocenters. The lowest BCUT2D eigenvalue weighted by Gasteiger charge is -2.14. The maximum absolute atomic E-state index is 11.8. The minimum absolute atomic E-state index is 0.262. The predicted molar refractivity (Wildman–Crippen MR) is 66.4 cm³/mol. The van der Waals surface area contributed by atoms with Crippen LogP contribution in [0.5, 0.6) is 0 Å². The second-order valence-corrected chi connectivity index (χ2v) is 4.35. The number of azo groups is 1. The van der Waals surface area contributed by atoms with Crippen molar-refractivity contribution < 1.29 is 4.79 Å². The Labute approximate surface area is 101 Å². The second-order valence-electron chi connectivity index (χ2n) is 4.35. The van der Waals surface area contributed by atoms with E-state index in [1.54, 1.807) is 0 Å². The van der Waals surface area contributed by atoms with Gasteiger partial charge in [0.25, 0.3) is 5.91 Å². The van der Waals surface area contributed by atoms with E-state index in [-0.39, 0.29) is 5.91 Å². The molecule has 2 rings (SSSR count). The van der Waals surface area contributed by atoms with E-state index in [1.807, 2.05) is 51.0 Å². The van der Waals surface area contributed by atoms with Crippen molar-refractivity contribution in [1.82, 2.24) is 4.90 Å². The highest BCUT2D eigenvalue weighted by atomic mass is 16.2. The largest absolute Gasteiger partial charge is 0.361 e. The van der Waals surface area contributed by atoms with Crippen molar-refractivity contribution in [3.05, 3.63) is 40.7 Å². The van der Waals surface area contributed by atoms with Crippen molar-refractivity contribution in [2.24, 2.45) is 10.2 Å². The molecule has 0 aromatic heterocycles. The molecule has 1 heterocycles. The van der Waals surface area contributed by atoms with Gasteiger partial charge in [-0.2, -0.15) is 0 Å². The lowest BCUT2D eigenvalue weighted by Crippen LogP contribution is -2.11. The summed E-state index contributed by atoms with van der Waals surface area (Å²) in [6, 6.07) is 5.92. The van der Waals surface area contributed by atoms with Crippen molar-refractivity contribution in [2.45, 2.75) is 13.8 Å². The van der Waals surface area contributed by atoms with E-state index in [9.17, 15) is 4.79 Å². The summed E-state index contributed by atoms with van der Waals surface area (Å²) in [6.45, 7) is 4.04. The van der Waals surface area contributed by atoms with Crippen LogP contribution < -0.4 is 0 Å². The first-order chi connectivity index (χ1) is 8.02. The van der Waals surface area contributed by atoms with Crippen LogP contribution in [0.15, 0.2) is 34.2 Å². The van der Waals surface area contributed by atoms with Crippen LogP contribution in [0.4, 0.5) is 0 Å². The standard InChI is InChI=1S/C13H15N3O/c1-8-6-5-7-10(9(8)2)11-12(16(3)4)14-15-13(11)17/h5-7H,1-4H3. The summed E-state index contributed by atoms with van der Waals surface area (Å²) < 4.78 is 0. The van der Waals surface area contributed by atoms with Crippen LogP contribution in [0.1, 0.15) is 16.7 Å². The van der Waals surface area contributed by atoms with E-state index in [0.717, 1.165) is 16.7 Å². The van der Waals surface area contributed by atoms with Gasteiger partial charge in [-0.3, -0.25) is 4.79 Å². The first kappa shape index (κ1) is 11.5. The summed E-state index contributed by atoms with van der Waals surface area (Å²) in [7, 11) is 3.72. The Bertz CT molecular complexity index is 542. The number of nitrogens with zero attached hydrogens (tertiary/aromatic N) is 3. The Morgan fingerprint density at radius 2 is 1.82 bits per heavy atom. The Morgan fingerprint density at radius 1 is 1.12 bits per heavy atom. The van der Waals surface area contributed by atoms with Gasteiger partial charge in [0.15, 0.2) is 5.82 Å². The number of carbonyl (C=O) groups is 1. The quantitative estimate of drug-likeness (QED) is 0.782. The number of aryl methyl sites for hydroxylation is 1. The topological polar surface area (TPSA) is 45.0 Å². The molecule has 1 aliphatic heterocycles. The van der Waals surface area contributed by atoms with E-state index < -0.39 is 0 Å². The molecule has 0 fully saturated rings. The Morgan fingerprint density at radius 3 is 2.47 bits per heavy atom. The number of rotatable bonds is 2. The van der Waals surface area contributed by atoms with Crippen LogP contribution in [0.3, 0.4) is 0 Å². The summed E-state index contributed by atoms with van der Waals surface area (Å²) in [4.78, 5) is 13.6. The summed E-state index contributed by atoms with van der Waals surface area (Å²) in [5, 5.41) is 7.56. The average Bonchev–Trinajstić information content (AvgIpc) is 2.65. The van der Waals surface area contributed by atoms with Crippen molar-refractivity contribution in [1.29, 1.82) is 0 Å². The fourth-order valence-electron chi connectivity index (χ4n) is 1.86. The van der Waals surface area contributed by atoms with Crippen LogP contribution >= 0.6 is 0 Å². The van der Waals surface area contributed by atoms with Crippen molar-refractivity contribution >= 4 is 11.5 Å². The van der Waals surface area contributed by atoms with Gasteiger partial charge in [-0.15, -0.1) is 10.2 Å². The molecular formula is C13H15N3O. The zero-order valence-electron chi connectivity index (χ0n) is 10.5. The first-order valence-corrected chi connectivity index (χ1v) is 5.46. The molecule has 0 spiro atoms. The van der Waals surface area contributed by atoms with Gasteiger partial charge in [0.05, 0.1) is 5.57 Å². The molecule has 0 N–H and O–H groups in total. The molecule has 1 aromatic carbocycles. The van der Waals surface area contributed by atoms with Gasteiger partial charge >= 0.3 is 0 Å². The molecule has 0 saturated carbocycles. The monoisotopic (exact) mass is 229 g/mol. The van der Waals surface area contributed by atoms with Gasteiger partial charge < -0.3 is 4.90 Å². The maximum atomic E-state index is 11.8. The highest BCUT2D eigenvalue weighted by molar-refractivity contribution is 6.22. The third-order valence-corrected chi connectivity index (χ3v) is 2.97. The van der Waals surface area contributed by atoms with E-state index in [2.05, 4.69) is 10.2 Å². The zero-order chi connectivity index (χ0) is 12.6. The molecule has 1 aliphatic rings. The molecule has 4 nitrogen and oxygen atoms in total. The zero-order valence-corrected chi connectivity index (χ0v) is 10.5. The van der Waals surface area contributed by atoms with Crippen LogP contribution in [0, 0.1) is 13.8 Å². The second kappa shape index (κ2) is 4.13. The van der Waals surface area contributed by atoms with Gasteiger partial charge in [-0.25, -0.2) is 0 Å². The van der Waals surface area contributed by atoms with Gasteiger partial charge in [0.1, 0.15) is 0 Å². The van der Waals surface area contributed by atoms with Crippen molar-refractivity contribution in [3.8, 4) is 0 Å². The third-order valence-electron chi connectivity index (χ3n) is 2.97. The number of hydrogen-bond acceptors (Lipinski definition) is 3. The minimum atomic E-state index is -0.262. The highest BCUT2D eigenvalue weighted by Crippen LogP contribution is 2.30. The molecule has 1 amide bonds. The van der Waals surface area contributed by atoms with Crippen LogP contribution in [-0.4, -0.2) is 24.9 Å². The number of carbonyl (C=O) groups excluding carboxylic acids is 1. The maximum Gasteiger partial charge on any atom is 0.299 e. The summed E-state index contributed by atoms with van der Waals surface area (Å²) in [5.41, 5.74) is 3.77. The fourth-order valence-corrected chi connectivity index (χ4v) is 1.86. The van der Waals surface area contributed by atoms with Gasteiger partial charge in [0, 0.05) is 14.1 Å². The molecule has 0 aliphatic carbocycles. The summed E-state index contributed by atoms with van der Waals surface area (Å²) in [6.07, 6.45) is 0. The van der Waals surface area contributed by atoms with Crippen LogP contribution in [0.25, 0.3) is 5.57 Å². The molecule has 0 unspecified atom stereocenters. The molecule has 4 heteroatoms. The van der Waals surface area contributed by atoms with Gasteiger partial charge in [0.2, 0.25) is 0 Å². The summed E-state index contributed by atoms with van der Waals surface area (Å²) in [5.74, 6) is 0.367. The van der Waals surface area contributed by atoms with Crippen molar-refractivity contribution in [2.75, 3.05) is 14.1 Å². The summed E-state index contributed by atoms with van der Waals surface area (Å²) >= 11 is 0. The Balaban J connectivity index is 2.64. The minimum Gasteiger partial charge on any atom is -0.361 e. The molecule has 17 heavy (non-hydrogen) atoms. The van der Waals surface area contributed by atoms with Crippen LogP contribution in [-0.2, 0) is 4.79 Å². The van der Waals surface area contributed by atoms with E-state index >= 15 is 0 Å². The predicted octanol–water partition coefficient (Wildman–Crippen LogP) is 2.53. The van der Waals surface area contributed by atoms with E-state index in [4.69, 9.17) is 0 Å². The Hall–Kier alpha value is -1.97. The van der Waals surface area contributed by atoms with E-state index in [0.29, 0.717) is 11.4 Å². The smallest absolute Gasteiger partial charge is 0.299 e. The number of hydrogen-bond donors (Lipinski definition) is 0.